The molecule has 1 aliphatic carbocycles. The standard InChI is InChI=1S/C14H20O3/c1-5-6-11-13(9(3)15)8(2)7-12(17)14(11)10(4)16/h7,11,13-14H,5-6H2,1-4H3. The molecule has 3 unspecified atom stereocenters. The fraction of sp³-hybridized carbons (Fsp3) is 0.643. The highest BCUT2D eigenvalue weighted by atomic mass is 16.2. The number of carbonyl (C=O) groups is 3. The van der Waals surface area contributed by atoms with Gasteiger partial charge in [-0.2, -0.15) is 0 Å². The SMILES string of the molecule is CCCC1C(C(C)=O)C(=O)C=C(C)C1C(C)=O. The zero-order chi connectivity index (χ0) is 13.2. The monoisotopic (exact) mass is 236 g/mol. The van der Waals surface area contributed by atoms with Crippen molar-refractivity contribution >= 4 is 17.3 Å². The van der Waals surface area contributed by atoms with Crippen molar-refractivity contribution in [2.24, 2.45) is 17.8 Å². The van der Waals surface area contributed by atoms with Crippen LogP contribution in [0.15, 0.2) is 11.6 Å². The molecular formula is C14H20O3. The molecule has 3 heteroatoms. The lowest BCUT2D eigenvalue weighted by Crippen LogP contribution is -2.40. The molecule has 94 valence electrons. The Hall–Kier alpha value is -1.25. The third kappa shape index (κ3) is 2.71. The summed E-state index contributed by atoms with van der Waals surface area (Å²) in [5.74, 6) is -1.23. The first kappa shape index (κ1) is 13.8. The van der Waals surface area contributed by atoms with Crippen LogP contribution in [0.2, 0.25) is 0 Å². The summed E-state index contributed by atoms with van der Waals surface area (Å²) in [5.41, 5.74) is 0.804. The fourth-order valence-electron chi connectivity index (χ4n) is 2.94. The zero-order valence-electron chi connectivity index (χ0n) is 10.9. The second-order valence-corrected chi connectivity index (χ2v) is 4.92. The van der Waals surface area contributed by atoms with Gasteiger partial charge in [0.05, 0.1) is 5.92 Å². The largest absolute Gasteiger partial charge is 0.299 e. The summed E-state index contributed by atoms with van der Waals surface area (Å²) in [7, 11) is 0. The van der Waals surface area contributed by atoms with Crippen LogP contribution in [-0.2, 0) is 14.4 Å². The van der Waals surface area contributed by atoms with Gasteiger partial charge < -0.3 is 0 Å². The van der Waals surface area contributed by atoms with E-state index in [0.29, 0.717) is 0 Å². The lowest BCUT2D eigenvalue weighted by Gasteiger charge is -2.34. The molecule has 1 rings (SSSR count). The third-order valence-electron chi connectivity index (χ3n) is 3.52. The van der Waals surface area contributed by atoms with Crippen LogP contribution < -0.4 is 0 Å². The molecule has 0 bridgehead atoms. The van der Waals surface area contributed by atoms with Crippen LogP contribution in [0.4, 0.5) is 0 Å². The molecule has 0 aromatic heterocycles. The quantitative estimate of drug-likeness (QED) is 0.704. The number of Topliss-reactive ketones (excluding diaryl/α,β-unsaturated/α-hetero) is 2. The smallest absolute Gasteiger partial charge is 0.166 e. The molecule has 0 fully saturated rings. The Labute approximate surface area is 102 Å². The van der Waals surface area contributed by atoms with Gasteiger partial charge >= 0.3 is 0 Å². The van der Waals surface area contributed by atoms with Gasteiger partial charge in [-0.05, 0) is 39.2 Å². The van der Waals surface area contributed by atoms with Crippen molar-refractivity contribution < 1.29 is 14.4 Å². The Bertz CT molecular complexity index is 379. The molecule has 17 heavy (non-hydrogen) atoms. The number of hydrogen-bond acceptors (Lipinski definition) is 3. The molecule has 3 nitrogen and oxygen atoms in total. The molecule has 0 aliphatic heterocycles. The van der Waals surface area contributed by atoms with E-state index in [4.69, 9.17) is 0 Å². The van der Waals surface area contributed by atoms with Gasteiger partial charge in [-0.25, -0.2) is 0 Å². The first-order valence-electron chi connectivity index (χ1n) is 6.13. The second-order valence-electron chi connectivity index (χ2n) is 4.92. The van der Waals surface area contributed by atoms with E-state index in [9.17, 15) is 14.4 Å². The maximum atomic E-state index is 11.9. The van der Waals surface area contributed by atoms with Gasteiger partial charge in [0.25, 0.3) is 0 Å². The number of hydrogen-bond donors (Lipinski definition) is 0. The fourth-order valence-corrected chi connectivity index (χ4v) is 2.94. The summed E-state index contributed by atoms with van der Waals surface area (Å²) in [4.78, 5) is 35.2. The maximum absolute atomic E-state index is 11.9. The van der Waals surface area contributed by atoms with Crippen LogP contribution in [0.1, 0.15) is 40.5 Å². The van der Waals surface area contributed by atoms with Gasteiger partial charge in [-0.15, -0.1) is 0 Å². The lowest BCUT2D eigenvalue weighted by atomic mass is 9.67. The zero-order valence-corrected chi connectivity index (χ0v) is 10.9. The Kier molecular flexibility index (Phi) is 4.38. The van der Waals surface area contributed by atoms with Crippen LogP contribution in [0, 0.1) is 17.8 Å². The molecule has 0 N–H and O–H groups in total. The molecule has 0 spiro atoms. The van der Waals surface area contributed by atoms with E-state index in [1.165, 1.54) is 19.9 Å². The van der Waals surface area contributed by atoms with Crippen molar-refractivity contribution in [3.8, 4) is 0 Å². The normalized spacial score (nSPS) is 28.8. The van der Waals surface area contributed by atoms with Crippen molar-refractivity contribution in [1.82, 2.24) is 0 Å². The van der Waals surface area contributed by atoms with Gasteiger partial charge in [0.15, 0.2) is 5.78 Å². The van der Waals surface area contributed by atoms with E-state index < -0.39 is 5.92 Å². The van der Waals surface area contributed by atoms with Crippen LogP contribution in [0.5, 0.6) is 0 Å². The third-order valence-corrected chi connectivity index (χ3v) is 3.52. The van der Waals surface area contributed by atoms with Crippen LogP contribution in [0.25, 0.3) is 0 Å². The average molecular weight is 236 g/mol. The van der Waals surface area contributed by atoms with Crippen molar-refractivity contribution in [3.05, 3.63) is 11.6 Å². The van der Waals surface area contributed by atoms with Gasteiger partial charge in [-0.1, -0.05) is 18.9 Å². The topological polar surface area (TPSA) is 51.2 Å². The highest BCUT2D eigenvalue weighted by Crippen LogP contribution is 2.37. The van der Waals surface area contributed by atoms with Crippen molar-refractivity contribution in [2.75, 3.05) is 0 Å². The Morgan fingerprint density at radius 3 is 2.12 bits per heavy atom. The molecule has 0 saturated carbocycles. The molecule has 0 radical (unpaired) electrons. The van der Waals surface area contributed by atoms with Gasteiger partial charge in [0.2, 0.25) is 0 Å². The first-order chi connectivity index (χ1) is 7.90. The van der Waals surface area contributed by atoms with Crippen molar-refractivity contribution in [3.63, 3.8) is 0 Å². The summed E-state index contributed by atoms with van der Waals surface area (Å²) in [5, 5.41) is 0. The van der Waals surface area contributed by atoms with Gasteiger partial charge in [0, 0.05) is 5.92 Å². The van der Waals surface area contributed by atoms with E-state index in [1.807, 2.05) is 13.8 Å². The minimum atomic E-state index is -0.618. The number of ketones is 3. The van der Waals surface area contributed by atoms with E-state index in [1.54, 1.807) is 0 Å². The van der Waals surface area contributed by atoms with Crippen LogP contribution in [0.3, 0.4) is 0 Å². The summed E-state index contributed by atoms with van der Waals surface area (Å²) in [6.07, 6.45) is 3.09. The number of carbonyl (C=O) groups excluding carboxylic acids is 3. The second kappa shape index (κ2) is 5.39. The number of allylic oxidation sites excluding steroid dienone is 2. The van der Waals surface area contributed by atoms with E-state index >= 15 is 0 Å². The molecular weight excluding hydrogens is 216 g/mol. The predicted molar refractivity (Wildman–Crippen MR) is 65.5 cm³/mol. The summed E-state index contributed by atoms with van der Waals surface area (Å²) >= 11 is 0. The van der Waals surface area contributed by atoms with Gasteiger partial charge in [0.1, 0.15) is 11.6 Å². The Balaban J connectivity index is 3.19. The summed E-state index contributed by atoms with van der Waals surface area (Å²) in [6, 6.07) is 0. The van der Waals surface area contributed by atoms with Crippen LogP contribution >= 0.6 is 0 Å². The van der Waals surface area contributed by atoms with Crippen LogP contribution in [-0.4, -0.2) is 17.3 Å². The number of rotatable bonds is 4. The molecule has 0 amide bonds. The van der Waals surface area contributed by atoms with E-state index in [0.717, 1.165) is 18.4 Å². The van der Waals surface area contributed by atoms with Crippen molar-refractivity contribution in [1.29, 1.82) is 0 Å². The predicted octanol–water partition coefficient (Wildman–Crippen LogP) is 2.34. The summed E-state index contributed by atoms with van der Waals surface area (Å²) < 4.78 is 0. The van der Waals surface area contributed by atoms with Crippen molar-refractivity contribution in [2.45, 2.75) is 40.5 Å². The molecule has 3 atom stereocenters. The highest BCUT2D eigenvalue weighted by molar-refractivity contribution is 6.09. The Morgan fingerprint density at radius 2 is 1.71 bits per heavy atom. The van der Waals surface area contributed by atoms with E-state index in [2.05, 4.69) is 0 Å². The minimum absolute atomic E-state index is 0.0518. The van der Waals surface area contributed by atoms with Gasteiger partial charge in [-0.3, -0.25) is 14.4 Å². The molecule has 1 aliphatic rings. The maximum Gasteiger partial charge on any atom is 0.166 e. The highest BCUT2D eigenvalue weighted by Gasteiger charge is 2.41. The molecule has 0 heterocycles. The molecule has 0 saturated heterocycles. The Morgan fingerprint density at radius 1 is 1.18 bits per heavy atom. The molecule has 0 aromatic carbocycles. The van der Waals surface area contributed by atoms with E-state index in [-0.39, 0.29) is 29.2 Å². The molecule has 0 aromatic rings. The minimum Gasteiger partial charge on any atom is -0.299 e. The lowest BCUT2D eigenvalue weighted by molar-refractivity contribution is -0.134. The first-order valence-corrected chi connectivity index (χ1v) is 6.13. The average Bonchev–Trinajstić information content (AvgIpc) is 2.15. The summed E-state index contributed by atoms with van der Waals surface area (Å²) in [6.45, 7) is 6.80.